The lowest BCUT2D eigenvalue weighted by Crippen LogP contribution is -2.21. The molecule has 0 fully saturated rings. The van der Waals surface area contributed by atoms with Gasteiger partial charge < -0.3 is 28.0 Å². The van der Waals surface area contributed by atoms with Gasteiger partial charge in [-0.3, -0.25) is 13.6 Å². The van der Waals surface area contributed by atoms with Crippen LogP contribution in [0.3, 0.4) is 0 Å². The van der Waals surface area contributed by atoms with Crippen LogP contribution in [0.2, 0.25) is 0 Å². The van der Waals surface area contributed by atoms with Crippen molar-refractivity contribution in [3.63, 3.8) is 0 Å². The topological polar surface area (TPSA) is 145 Å². The second-order valence-corrected chi connectivity index (χ2v) is 14.8. The highest BCUT2D eigenvalue weighted by atomic mass is 31.2. The van der Waals surface area contributed by atoms with E-state index in [0.717, 1.165) is 56.3 Å². The molecule has 14 heteroatoms. The summed E-state index contributed by atoms with van der Waals surface area (Å²) < 4.78 is 49.3. The average Bonchev–Trinajstić information content (AvgIpc) is 3.19. The summed E-state index contributed by atoms with van der Waals surface area (Å²) in [5.74, 6) is 0. The zero-order valence-corrected chi connectivity index (χ0v) is 33.6. The molecule has 3 heterocycles. The van der Waals surface area contributed by atoms with Crippen molar-refractivity contribution in [1.29, 1.82) is 0 Å². The van der Waals surface area contributed by atoms with Crippen LogP contribution in [0, 0.1) is 0 Å². The largest absolute Gasteiger partial charge is 0.475 e. The van der Waals surface area contributed by atoms with Crippen molar-refractivity contribution in [2.45, 2.75) is 61.4 Å². The first-order valence-corrected chi connectivity index (χ1v) is 20.5. The summed E-state index contributed by atoms with van der Waals surface area (Å²) in [6, 6.07) is 20.4. The molecule has 56 heavy (non-hydrogen) atoms. The first-order chi connectivity index (χ1) is 27.0. The van der Waals surface area contributed by atoms with Crippen LogP contribution in [0.4, 0.5) is 17.1 Å². The fraction of sp³-hybridized carbons (Fsp3) is 0.357. The van der Waals surface area contributed by atoms with Crippen LogP contribution in [0.5, 0.6) is 0 Å². The zero-order valence-electron chi connectivity index (χ0n) is 32.7. The quantitative estimate of drug-likeness (QED) is 0.0606. The molecule has 0 radical (unpaired) electrons. The van der Waals surface area contributed by atoms with Gasteiger partial charge in [-0.2, -0.15) is 0 Å². The SMILES string of the molecule is CCN(CC)c1ccc2c(COP(=O)(OCc3cc(=O)oc4cc(N(CC)CC)ccc34)OCc3cc(=O)oc4cc(N(CC)CC)ccc34)cc(=O)oc2c1. The van der Waals surface area contributed by atoms with E-state index < -0.39 is 24.7 Å². The van der Waals surface area contributed by atoms with Crippen molar-refractivity contribution in [2.24, 2.45) is 0 Å². The number of phosphoric ester groups is 1. The van der Waals surface area contributed by atoms with Crippen LogP contribution in [-0.4, -0.2) is 39.3 Å². The van der Waals surface area contributed by atoms with E-state index in [1.807, 2.05) is 77.9 Å². The van der Waals surface area contributed by atoms with E-state index in [2.05, 4.69) is 14.7 Å². The molecule has 296 valence electrons. The van der Waals surface area contributed by atoms with E-state index in [9.17, 15) is 18.9 Å². The van der Waals surface area contributed by atoms with E-state index in [1.165, 1.54) is 18.2 Å². The van der Waals surface area contributed by atoms with Gasteiger partial charge in [-0.05, 0) is 94.6 Å². The number of hydrogen-bond donors (Lipinski definition) is 0. The molecule has 0 aliphatic heterocycles. The smallest absolute Gasteiger partial charge is 0.423 e. The molecule has 0 aliphatic rings. The van der Waals surface area contributed by atoms with Crippen molar-refractivity contribution in [3.8, 4) is 0 Å². The van der Waals surface area contributed by atoms with Crippen LogP contribution in [0.1, 0.15) is 58.2 Å². The maximum absolute atomic E-state index is 14.7. The first kappa shape index (κ1) is 40.5. The maximum atomic E-state index is 14.7. The van der Waals surface area contributed by atoms with Gasteiger partial charge in [0.05, 0.1) is 19.8 Å². The van der Waals surface area contributed by atoms with E-state index in [-0.39, 0.29) is 19.8 Å². The molecule has 13 nitrogen and oxygen atoms in total. The fourth-order valence-electron chi connectivity index (χ4n) is 6.93. The Balaban J connectivity index is 1.35. The summed E-state index contributed by atoms with van der Waals surface area (Å²) in [5, 5.41) is 1.75. The molecule has 0 unspecified atom stereocenters. The Morgan fingerprint density at radius 2 is 0.714 bits per heavy atom. The average molecular weight is 786 g/mol. The van der Waals surface area contributed by atoms with Gasteiger partial charge in [0, 0.05) is 109 Å². The molecule has 0 saturated carbocycles. The van der Waals surface area contributed by atoms with Gasteiger partial charge in [0.1, 0.15) is 16.7 Å². The molecule has 0 amide bonds. The minimum Gasteiger partial charge on any atom is -0.423 e. The van der Waals surface area contributed by atoms with Gasteiger partial charge in [0.2, 0.25) is 0 Å². The molecule has 0 saturated heterocycles. The number of anilines is 3. The predicted molar refractivity (Wildman–Crippen MR) is 220 cm³/mol. The van der Waals surface area contributed by atoms with Gasteiger partial charge in [0.15, 0.2) is 0 Å². The summed E-state index contributed by atoms with van der Waals surface area (Å²) in [7, 11) is -4.52. The Kier molecular flexibility index (Phi) is 12.8. The van der Waals surface area contributed by atoms with E-state index >= 15 is 0 Å². The fourth-order valence-corrected chi connectivity index (χ4v) is 8.04. The molecule has 0 N–H and O–H groups in total. The molecule has 6 aromatic rings. The van der Waals surface area contributed by atoms with Gasteiger partial charge in [-0.25, -0.2) is 18.9 Å². The van der Waals surface area contributed by atoms with Crippen molar-refractivity contribution in [2.75, 3.05) is 54.0 Å². The van der Waals surface area contributed by atoms with Crippen molar-refractivity contribution in [1.82, 2.24) is 0 Å². The molecule has 3 aromatic carbocycles. The van der Waals surface area contributed by atoms with Gasteiger partial charge >= 0.3 is 24.7 Å². The molecule has 6 rings (SSSR count). The lowest BCUT2D eigenvalue weighted by atomic mass is 10.1. The molecular weight excluding hydrogens is 737 g/mol. The highest BCUT2D eigenvalue weighted by molar-refractivity contribution is 7.48. The monoisotopic (exact) mass is 785 g/mol. The van der Waals surface area contributed by atoms with Crippen molar-refractivity contribution < 1.29 is 31.4 Å². The first-order valence-electron chi connectivity index (χ1n) is 19.0. The summed E-state index contributed by atoms with van der Waals surface area (Å²) in [5.41, 5.74) is 3.06. The van der Waals surface area contributed by atoms with Crippen molar-refractivity contribution in [3.05, 3.63) is 121 Å². The van der Waals surface area contributed by atoms with Crippen LogP contribution < -0.4 is 31.6 Å². The Labute approximate surface area is 324 Å². The van der Waals surface area contributed by atoms with Crippen LogP contribution in [-0.2, 0) is 38.0 Å². The molecule has 0 aliphatic carbocycles. The highest BCUT2D eigenvalue weighted by Crippen LogP contribution is 2.52. The lowest BCUT2D eigenvalue weighted by molar-refractivity contribution is 0.0984. The number of fused-ring (bicyclic) bond motifs is 3. The predicted octanol–water partition coefficient (Wildman–Crippen LogP) is 8.60. The third-order valence-corrected chi connectivity index (χ3v) is 11.3. The molecule has 0 atom stereocenters. The molecule has 3 aromatic heterocycles. The Morgan fingerprint density at radius 1 is 0.446 bits per heavy atom. The zero-order chi connectivity index (χ0) is 40.0. The third-order valence-electron chi connectivity index (χ3n) is 9.96. The number of rotatable bonds is 18. The summed E-state index contributed by atoms with van der Waals surface area (Å²) >= 11 is 0. The minimum atomic E-state index is -4.52. The van der Waals surface area contributed by atoms with Gasteiger partial charge in [-0.15, -0.1) is 0 Å². The second kappa shape index (κ2) is 17.7. The number of phosphoric acid groups is 1. The normalized spacial score (nSPS) is 11.8. The minimum absolute atomic E-state index is 0.343. The maximum Gasteiger partial charge on any atom is 0.475 e. The molecular formula is C42H48N3O10P. The number of hydrogen-bond acceptors (Lipinski definition) is 13. The van der Waals surface area contributed by atoms with E-state index in [4.69, 9.17) is 26.8 Å². The van der Waals surface area contributed by atoms with Crippen LogP contribution in [0.25, 0.3) is 32.9 Å². The number of benzene rings is 3. The van der Waals surface area contributed by atoms with E-state index in [0.29, 0.717) is 49.6 Å². The second-order valence-electron chi connectivity index (χ2n) is 13.1. The lowest BCUT2D eigenvalue weighted by Gasteiger charge is -2.22. The third kappa shape index (κ3) is 8.92. The summed E-state index contributed by atoms with van der Waals surface area (Å²) in [6.07, 6.45) is 0. The standard InChI is InChI=1S/C42H48N3O10P/c1-7-43(8-2)31-13-16-34-28(19-40(46)53-37(34)22-31)25-50-56(49,51-26-29-20-41(47)54-38-23-32(14-17-35(29)38)44(9-3)10-4)52-27-30-21-42(48)55-39-24-33(15-18-36(30)39)45(11-5)12-6/h13-24H,7-12,25-27H2,1-6H3. The number of nitrogens with zero attached hydrogens (tertiary/aromatic N) is 3. The van der Waals surface area contributed by atoms with Gasteiger partial charge in [0.25, 0.3) is 0 Å². The van der Waals surface area contributed by atoms with E-state index in [1.54, 1.807) is 18.2 Å². The van der Waals surface area contributed by atoms with Crippen molar-refractivity contribution >= 4 is 57.8 Å². The Bertz CT molecular complexity index is 2270. The van der Waals surface area contributed by atoms with Gasteiger partial charge in [-0.1, -0.05) is 0 Å². The summed E-state index contributed by atoms with van der Waals surface area (Å²) in [6.45, 7) is 15.7. The molecule has 0 spiro atoms. The Hall–Kier alpha value is -5.20. The Morgan fingerprint density at radius 3 is 0.964 bits per heavy atom. The molecule has 0 bridgehead atoms. The van der Waals surface area contributed by atoms with Crippen LogP contribution >= 0.6 is 7.82 Å². The van der Waals surface area contributed by atoms with Crippen LogP contribution in [0.15, 0.2) is 100 Å². The summed E-state index contributed by atoms with van der Waals surface area (Å²) in [4.78, 5) is 44.6. The highest BCUT2D eigenvalue weighted by Gasteiger charge is 2.29.